The Morgan fingerprint density at radius 1 is 1.24 bits per heavy atom. The molecule has 0 aliphatic carbocycles. The van der Waals surface area contributed by atoms with Crippen molar-refractivity contribution in [1.29, 1.82) is 0 Å². The van der Waals surface area contributed by atoms with Crippen molar-refractivity contribution in [3.63, 3.8) is 0 Å². The molecule has 0 saturated heterocycles. The predicted molar refractivity (Wildman–Crippen MR) is 104 cm³/mol. The predicted octanol–water partition coefficient (Wildman–Crippen LogP) is 3.48. The Bertz CT molecular complexity index is 823. The van der Waals surface area contributed by atoms with Gasteiger partial charge in [-0.2, -0.15) is 5.10 Å². The van der Waals surface area contributed by atoms with Crippen LogP contribution < -0.4 is 5.32 Å². The standard InChI is InChI=1S/C18H26ClN3O2S/c1-5-25(23,24)11-10-20-12-14-13-22(18(2,3)4)21-17(14)15-8-6-7-9-16(15)19/h6-9,13,20H,5,10-12H2,1-4H3. The smallest absolute Gasteiger partial charge is 0.151 e. The van der Waals surface area contributed by atoms with Crippen LogP contribution in [0.1, 0.15) is 33.3 Å². The van der Waals surface area contributed by atoms with Crippen LogP contribution in [0.2, 0.25) is 5.02 Å². The molecule has 0 amide bonds. The second-order valence-corrected chi connectivity index (χ2v) is 9.89. The number of nitrogens with one attached hydrogen (secondary N) is 1. The maximum absolute atomic E-state index is 11.6. The summed E-state index contributed by atoms with van der Waals surface area (Å²) >= 11 is 6.35. The average Bonchev–Trinajstić information content (AvgIpc) is 2.96. The normalized spacial score (nSPS) is 12.5. The molecule has 7 heteroatoms. The Morgan fingerprint density at radius 3 is 2.52 bits per heavy atom. The third-order valence-corrected chi connectivity index (χ3v) is 5.99. The quantitative estimate of drug-likeness (QED) is 0.743. The minimum atomic E-state index is -2.97. The molecule has 5 nitrogen and oxygen atoms in total. The summed E-state index contributed by atoms with van der Waals surface area (Å²) in [5.41, 5.74) is 2.55. The molecule has 0 atom stereocenters. The minimum absolute atomic E-state index is 0.137. The van der Waals surface area contributed by atoms with Crippen LogP contribution in [0.3, 0.4) is 0 Å². The summed E-state index contributed by atoms with van der Waals surface area (Å²) in [6.07, 6.45) is 2.00. The zero-order valence-corrected chi connectivity index (χ0v) is 16.8. The van der Waals surface area contributed by atoms with Gasteiger partial charge in [0, 0.05) is 36.2 Å². The lowest BCUT2D eigenvalue weighted by Gasteiger charge is -2.18. The summed E-state index contributed by atoms with van der Waals surface area (Å²) < 4.78 is 25.1. The molecular weight excluding hydrogens is 358 g/mol. The summed E-state index contributed by atoms with van der Waals surface area (Å²) in [4.78, 5) is 0. The van der Waals surface area contributed by atoms with Crippen LogP contribution in [-0.2, 0) is 21.9 Å². The molecule has 0 aliphatic rings. The number of sulfone groups is 1. The summed E-state index contributed by atoms with van der Waals surface area (Å²) in [6.45, 7) is 8.87. The van der Waals surface area contributed by atoms with Gasteiger partial charge in [-0.3, -0.25) is 4.68 Å². The Labute approximate surface area is 155 Å². The maximum atomic E-state index is 11.6. The average molecular weight is 384 g/mol. The Kier molecular flexibility index (Phi) is 6.30. The first-order chi connectivity index (χ1) is 11.6. The van der Waals surface area contributed by atoms with Gasteiger partial charge in [-0.25, -0.2) is 8.42 Å². The highest BCUT2D eigenvalue weighted by atomic mass is 35.5. The van der Waals surface area contributed by atoms with Crippen molar-refractivity contribution in [3.8, 4) is 11.3 Å². The number of rotatable bonds is 7. The Balaban J connectivity index is 2.24. The summed E-state index contributed by atoms with van der Waals surface area (Å²) in [6, 6.07) is 7.61. The van der Waals surface area contributed by atoms with E-state index in [1.54, 1.807) is 6.92 Å². The van der Waals surface area contributed by atoms with E-state index in [0.717, 1.165) is 16.8 Å². The van der Waals surface area contributed by atoms with Gasteiger partial charge in [0.25, 0.3) is 0 Å². The number of hydrogen-bond acceptors (Lipinski definition) is 4. The molecule has 0 spiro atoms. The summed E-state index contributed by atoms with van der Waals surface area (Å²) in [5.74, 6) is 0.305. The van der Waals surface area contributed by atoms with Gasteiger partial charge in [0.2, 0.25) is 0 Å². The fourth-order valence-electron chi connectivity index (χ4n) is 2.36. The number of hydrogen-bond donors (Lipinski definition) is 1. The van der Waals surface area contributed by atoms with Crippen molar-refractivity contribution in [3.05, 3.63) is 41.0 Å². The molecule has 1 heterocycles. The minimum Gasteiger partial charge on any atom is -0.312 e. The molecular formula is C18H26ClN3O2S. The first-order valence-electron chi connectivity index (χ1n) is 8.39. The molecule has 0 radical (unpaired) electrons. The molecule has 0 aliphatic heterocycles. The lowest BCUT2D eigenvalue weighted by Crippen LogP contribution is -2.24. The highest BCUT2D eigenvalue weighted by molar-refractivity contribution is 7.91. The van der Waals surface area contributed by atoms with E-state index in [9.17, 15) is 8.42 Å². The van der Waals surface area contributed by atoms with Gasteiger partial charge in [-0.15, -0.1) is 0 Å². The van der Waals surface area contributed by atoms with E-state index in [1.165, 1.54) is 0 Å². The van der Waals surface area contributed by atoms with Gasteiger partial charge < -0.3 is 5.32 Å². The van der Waals surface area contributed by atoms with E-state index in [2.05, 4.69) is 26.1 Å². The van der Waals surface area contributed by atoms with Gasteiger partial charge in [0.05, 0.1) is 22.0 Å². The van der Waals surface area contributed by atoms with E-state index in [0.29, 0.717) is 18.1 Å². The van der Waals surface area contributed by atoms with Crippen molar-refractivity contribution in [2.75, 3.05) is 18.1 Å². The molecule has 0 fully saturated rings. The van der Waals surface area contributed by atoms with E-state index < -0.39 is 9.84 Å². The summed E-state index contributed by atoms with van der Waals surface area (Å²) in [5, 5.41) is 8.59. The van der Waals surface area contributed by atoms with Crippen LogP contribution in [0.4, 0.5) is 0 Å². The van der Waals surface area contributed by atoms with Crippen molar-refractivity contribution in [1.82, 2.24) is 15.1 Å². The van der Waals surface area contributed by atoms with Gasteiger partial charge in [-0.05, 0) is 26.8 Å². The van der Waals surface area contributed by atoms with Crippen LogP contribution in [0.25, 0.3) is 11.3 Å². The second kappa shape index (κ2) is 7.89. The monoisotopic (exact) mass is 383 g/mol. The van der Waals surface area contributed by atoms with E-state index in [4.69, 9.17) is 16.7 Å². The first kappa shape index (κ1) is 19.9. The van der Waals surface area contributed by atoms with Crippen molar-refractivity contribution >= 4 is 21.4 Å². The number of halogens is 1. The molecule has 1 aromatic carbocycles. The largest absolute Gasteiger partial charge is 0.312 e. The number of nitrogens with zero attached hydrogens (tertiary/aromatic N) is 2. The highest BCUT2D eigenvalue weighted by Gasteiger charge is 2.20. The van der Waals surface area contributed by atoms with Crippen LogP contribution in [0.15, 0.2) is 30.5 Å². The Hall–Kier alpha value is -1.37. The second-order valence-electron chi connectivity index (χ2n) is 7.01. The topological polar surface area (TPSA) is 64.0 Å². The van der Waals surface area contributed by atoms with Crippen molar-refractivity contribution in [2.45, 2.75) is 39.8 Å². The van der Waals surface area contributed by atoms with Crippen LogP contribution in [-0.4, -0.2) is 36.2 Å². The van der Waals surface area contributed by atoms with Gasteiger partial charge >= 0.3 is 0 Å². The molecule has 2 aromatic rings. The van der Waals surface area contributed by atoms with E-state index in [1.807, 2.05) is 35.1 Å². The molecule has 25 heavy (non-hydrogen) atoms. The third kappa shape index (κ3) is 5.30. The van der Waals surface area contributed by atoms with Crippen LogP contribution >= 0.6 is 11.6 Å². The maximum Gasteiger partial charge on any atom is 0.151 e. The molecule has 1 N–H and O–H groups in total. The fraction of sp³-hybridized carbons (Fsp3) is 0.500. The zero-order chi connectivity index (χ0) is 18.7. The number of aromatic nitrogens is 2. The highest BCUT2D eigenvalue weighted by Crippen LogP contribution is 2.30. The first-order valence-corrected chi connectivity index (χ1v) is 10.6. The molecule has 1 aromatic heterocycles. The molecule has 138 valence electrons. The van der Waals surface area contributed by atoms with Crippen molar-refractivity contribution in [2.24, 2.45) is 0 Å². The fourth-order valence-corrected chi connectivity index (χ4v) is 3.33. The van der Waals surface area contributed by atoms with E-state index in [-0.39, 0.29) is 17.0 Å². The molecule has 2 rings (SSSR count). The number of benzene rings is 1. The van der Waals surface area contributed by atoms with Crippen molar-refractivity contribution < 1.29 is 8.42 Å². The lowest BCUT2D eigenvalue weighted by molar-refractivity contribution is 0.356. The van der Waals surface area contributed by atoms with E-state index >= 15 is 0 Å². The van der Waals surface area contributed by atoms with Crippen LogP contribution in [0.5, 0.6) is 0 Å². The molecule has 0 bridgehead atoms. The van der Waals surface area contributed by atoms with Gasteiger partial charge in [-0.1, -0.05) is 36.7 Å². The zero-order valence-electron chi connectivity index (χ0n) is 15.2. The SMILES string of the molecule is CCS(=O)(=O)CCNCc1cn(C(C)(C)C)nc1-c1ccccc1Cl. The van der Waals surface area contributed by atoms with Gasteiger partial charge in [0.15, 0.2) is 9.84 Å². The van der Waals surface area contributed by atoms with Gasteiger partial charge in [0.1, 0.15) is 0 Å². The third-order valence-electron chi connectivity index (χ3n) is 3.95. The molecule has 0 saturated carbocycles. The summed E-state index contributed by atoms with van der Waals surface area (Å²) in [7, 11) is -2.97. The Morgan fingerprint density at radius 2 is 1.92 bits per heavy atom. The van der Waals surface area contributed by atoms with Crippen LogP contribution in [0, 0.1) is 0 Å². The molecule has 0 unspecified atom stereocenters. The lowest BCUT2D eigenvalue weighted by atomic mass is 10.1.